The van der Waals surface area contributed by atoms with Crippen LogP contribution in [0, 0.1) is 6.33 Å². The standard InChI is InChI=1S/C66H60N4O2/c1-64(2,3)46-34-35-67-62(40-46)70-58-29-14-13-26-56(58)57-33-32-53(42-61(57)70)72-52-25-18-21-49(41-52)68-43-69(60-31-16-15-30-59(60)68)63-54(44-20-17-24-51(38-44)71-50-22-11-10-12-23-50)27-19-28-55(63)45-36-47(65(4,5)6)39-48(37-45)66(7,8)9/h10-42H,1-9H3. The summed E-state index contributed by atoms with van der Waals surface area (Å²) in [7, 11) is 0. The minimum atomic E-state index is -0.0707. The molecule has 0 spiro atoms. The van der Waals surface area contributed by atoms with E-state index in [1.165, 1.54) is 22.1 Å². The molecule has 11 rings (SSSR count). The first kappa shape index (κ1) is 46.2. The fraction of sp³-hybridized carbons (Fsp3) is 0.182. The quantitative estimate of drug-likeness (QED) is 0.107. The fourth-order valence-electron chi connectivity index (χ4n) is 9.76. The Bertz CT molecular complexity index is 3790. The van der Waals surface area contributed by atoms with Crippen LogP contribution in [0.25, 0.3) is 72.3 Å². The highest BCUT2D eigenvalue weighted by Gasteiger charge is 2.25. The first-order valence-corrected chi connectivity index (χ1v) is 24.9. The lowest BCUT2D eigenvalue weighted by molar-refractivity contribution is -0.571. The van der Waals surface area contributed by atoms with Crippen LogP contribution in [0.4, 0.5) is 0 Å². The summed E-state index contributed by atoms with van der Waals surface area (Å²) >= 11 is 0. The lowest BCUT2D eigenvalue weighted by Crippen LogP contribution is -2.31. The van der Waals surface area contributed by atoms with Crippen LogP contribution in [0.1, 0.15) is 79.0 Å². The number of hydrogen-bond acceptors (Lipinski definition) is 3. The van der Waals surface area contributed by atoms with E-state index in [0.29, 0.717) is 5.75 Å². The lowest BCUT2D eigenvalue weighted by Gasteiger charge is -2.27. The zero-order valence-electron chi connectivity index (χ0n) is 42.7. The molecular formula is C66H60N4O2. The topological polar surface area (TPSA) is 45.1 Å². The molecule has 0 aliphatic rings. The van der Waals surface area contributed by atoms with Crippen LogP contribution in [0.15, 0.2) is 200 Å². The molecular weight excluding hydrogens is 881 g/mol. The van der Waals surface area contributed by atoms with Crippen molar-refractivity contribution in [3.63, 3.8) is 0 Å². The van der Waals surface area contributed by atoms with Crippen LogP contribution in [0.2, 0.25) is 0 Å². The van der Waals surface area contributed by atoms with Gasteiger partial charge in [-0.1, -0.05) is 178 Å². The number of imidazole rings is 1. The van der Waals surface area contributed by atoms with E-state index in [2.05, 4.69) is 234 Å². The Morgan fingerprint density at radius 3 is 1.75 bits per heavy atom. The van der Waals surface area contributed by atoms with Crippen LogP contribution < -0.4 is 14.0 Å². The van der Waals surface area contributed by atoms with Gasteiger partial charge in [-0.25, -0.2) is 4.98 Å². The van der Waals surface area contributed by atoms with Gasteiger partial charge in [-0.15, -0.1) is 0 Å². The largest absolute Gasteiger partial charge is 0.458 e. The highest BCUT2D eigenvalue weighted by atomic mass is 16.5. The Balaban J connectivity index is 1.05. The number of ether oxygens (including phenoxy) is 2. The molecule has 356 valence electrons. The summed E-state index contributed by atoms with van der Waals surface area (Å²) in [4.78, 5) is 4.90. The molecule has 6 nitrogen and oxygen atoms in total. The van der Waals surface area contributed by atoms with E-state index in [-0.39, 0.29) is 16.2 Å². The minimum absolute atomic E-state index is 0.0264. The van der Waals surface area contributed by atoms with Gasteiger partial charge in [-0.3, -0.25) is 13.7 Å². The van der Waals surface area contributed by atoms with Gasteiger partial charge in [0.1, 0.15) is 28.8 Å². The first-order chi connectivity index (χ1) is 34.6. The molecule has 0 saturated carbocycles. The first-order valence-electron chi connectivity index (χ1n) is 24.9. The van der Waals surface area contributed by atoms with Gasteiger partial charge in [0.2, 0.25) is 0 Å². The molecule has 72 heavy (non-hydrogen) atoms. The summed E-state index contributed by atoms with van der Waals surface area (Å²) in [5.74, 6) is 3.88. The average molecular weight is 941 g/mol. The summed E-state index contributed by atoms with van der Waals surface area (Å²) in [6.07, 6.45) is 5.81. The van der Waals surface area contributed by atoms with Gasteiger partial charge >= 0.3 is 0 Å². The molecule has 0 aliphatic carbocycles. The van der Waals surface area contributed by atoms with Crippen LogP contribution >= 0.6 is 0 Å². The molecule has 0 bridgehead atoms. The normalized spacial score (nSPS) is 12.2. The molecule has 0 unspecified atom stereocenters. The molecule has 0 N–H and O–H groups in total. The molecule has 0 fully saturated rings. The summed E-state index contributed by atoms with van der Waals surface area (Å²) in [5, 5.41) is 2.31. The maximum absolute atomic E-state index is 6.82. The number of fused-ring (bicyclic) bond motifs is 4. The number of hydrogen-bond donors (Lipinski definition) is 0. The van der Waals surface area contributed by atoms with Crippen LogP contribution in [-0.4, -0.2) is 14.1 Å². The van der Waals surface area contributed by atoms with E-state index >= 15 is 0 Å². The van der Waals surface area contributed by atoms with Crippen molar-refractivity contribution in [1.82, 2.24) is 14.1 Å². The third kappa shape index (κ3) is 8.83. The van der Waals surface area contributed by atoms with Gasteiger partial charge < -0.3 is 9.47 Å². The number of benzene rings is 8. The van der Waals surface area contributed by atoms with Crippen molar-refractivity contribution in [2.75, 3.05) is 0 Å². The van der Waals surface area contributed by atoms with Crippen molar-refractivity contribution in [3.05, 3.63) is 223 Å². The maximum atomic E-state index is 6.82. The van der Waals surface area contributed by atoms with E-state index in [4.69, 9.17) is 14.5 Å². The molecule has 0 amide bonds. The predicted octanol–water partition coefficient (Wildman–Crippen LogP) is 17.0. The third-order valence-corrected chi connectivity index (χ3v) is 13.7. The highest BCUT2D eigenvalue weighted by Crippen LogP contribution is 2.41. The van der Waals surface area contributed by atoms with Crippen molar-refractivity contribution in [2.45, 2.75) is 78.6 Å². The van der Waals surface area contributed by atoms with Crippen molar-refractivity contribution < 1.29 is 14.0 Å². The van der Waals surface area contributed by atoms with Crippen molar-refractivity contribution in [1.29, 1.82) is 0 Å². The van der Waals surface area contributed by atoms with Gasteiger partial charge in [0.15, 0.2) is 0 Å². The Hall–Kier alpha value is -8.22. The second kappa shape index (κ2) is 17.9. The number of para-hydroxylation sites is 5. The molecule has 11 aromatic rings. The number of aromatic nitrogens is 4. The Morgan fingerprint density at radius 2 is 1.01 bits per heavy atom. The number of nitrogens with zero attached hydrogens (tertiary/aromatic N) is 4. The minimum Gasteiger partial charge on any atom is -0.458 e. The van der Waals surface area contributed by atoms with E-state index < -0.39 is 0 Å². The van der Waals surface area contributed by atoms with E-state index in [0.717, 1.165) is 84.1 Å². The molecule has 8 aromatic carbocycles. The fourth-order valence-corrected chi connectivity index (χ4v) is 9.76. The molecule has 6 heteroatoms. The van der Waals surface area contributed by atoms with Crippen molar-refractivity contribution >= 4 is 32.8 Å². The third-order valence-electron chi connectivity index (χ3n) is 13.7. The van der Waals surface area contributed by atoms with Crippen LogP contribution in [0.3, 0.4) is 0 Å². The van der Waals surface area contributed by atoms with Gasteiger partial charge in [0.25, 0.3) is 6.33 Å². The number of rotatable bonds is 9. The molecule has 0 aliphatic heterocycles. The monoisotopic (exact) mass is 940 g/mol. The Kier molecular flexibility index (Phi) is 11.5. The van der Waals surface area contributed by atoms with E-state index in [1.54, 1.807) is 0 Å². The summed E-state index contributed by atoms with van der Waals surface area (Å²) < 4.78 is 19.9. The molecule has 3 aromatic heterocycles. The Morgan fingerprint density at radius 1 is 0.431 bits per heavy atom. The second-order valence-electron chi connectivity index (χ2n) is 22.0. The van der Waals surface area contributed by atoms with Gasteiger partial charge in [-0.05, 0) is 128 Å². The van der Waals surface area contributed by atoms with Crippen molar-refractivity contribution in [3.8, 4) is 62.4 Å². The van der Waals surface area contributed by atoms with E-state index in [1.807, 2.05) is 48.7 Å². The number of pyridine rings is 1. The summed E-state index contributed by atoms with van der Waals surface area (Å²) in [6.45, 7) is 20.5. The van der Waals surface area contributed by atoms with Gasteiger partial charge in [-0.2, -0.15) is 0 Å². The summed E-state index contributed by atoms with van der Waals surface area (Å²) in [5.41, 5.74) is 14.1. The average Bonchev–Trinajstić information content (AvgIpc) is 3.92. The van der Waals surface area contributed by atoms with Crippen LogP contribution in [0.5, 0.6) is 23.0 Å². The maximum Gasteiger partial charge on any atom is 0.269 e. The molecule has 0 radical (unpaired) electrons. The zero-order valence-corrected chi connectivity index (χ0v) is 42.7. The second-order valence-corrected chi connectivity index (χ2v) is 22.0. The van der Waals surface area contributed by atoms with Gasteiger partial charge in [0, 0.05) is 23.0 Å². The molecule has 0 atom stereocenters. The smallest absolute Gasteiger partial charge is 0.269 e. The zero-order chi connectivity index (χ0) is 49.9. The van der Waals surface area contributed by atoms with Crippen molar-refractivity contribution in [2.24, 2.45) is 0 Å². The predicted molar refractivity (Wildman–Crippen MR) is 296 cm³/mol. The highest BCUT2D eigenvalue weighted by molar-refractivity contribution is 6.09. The Labute approximate surface area is 423 Å². The van der Waals surface area contributed by atoms with Gasteiger partial charge in [0.05, 0.1) is 33.4 Å². The molecule has 0 saturated heterocycles. The summed E-state index contributed by atoms with van der Waals surface area (Å²) in [6, 6.07) is 68.2. The lowest BCUT2D eigenvalue weighted by atomic mass is 9.78. The van der Waals surface area contributed by atoms with E-state index in [9.17, 15) is 0 Å². The SMILES string of the molecule is CC(C)(C)c1cc(-c2cccc(-c3cccc(Oc4ccccc4)c3)c2-[n+]2[c-]n(-c3cccc(Oc4ccc5c6ccccc6n(-c6cc(C(C)(C)C)ccn6)c5c4)c3)c3ccccc32)cc(C(C)(C)C)c1. The van der Waals surface area contributed by atoms with Crippen LogP contribution in [-0.2, 0) is 16.2 Å². The molecule has 3 heterocycles.